The Morgan fingerprint density at radius 3 is 2.75 bits per heavy atom. The third-order valence-corrected chi connectivity index (χ3v) is 3.25. The first-order valence-electron chi connectivity index (χ1n) is 6.17. The van der Waals surface area contributed by atoms with E-state index in [0.29, 0.717) is 12.1 Å². The van der Waals surface area contributed by atoms with Crippen LogP contribution in [0.4, 0.5) is 0 Å². The molecule has 1 fully saturated rings. The molecule has 2 atom stereocenters. The molecule has 0 spiro atoms. The first kappa shape index (κ1) is 11.6. The van der Waals surface area contributed by atoms with Crippen molar-refractivity contribution in [3.63, 3.8) is 0 Å². The van der Waals surface area contributed by atoms with Gasteiger partial charge in [0.05, 0.1) is 6.10 Å². The maximum absolute atomic E-state index is 5.60. The van der Waals surface area contributed by atoms with Gasteiger partial charge in [-0.1, -0.05) is 29.8 Å². The molecule has 0 radical (unpaired) electrons. The van der Waals surface area contributed by atoms with Gasteiger partial charge in [0.1, 0.15) is 0 Å². The van der Waals surface area contributed by atoms with Gasteiger partial charge in [-0.2, -0.15) is 0 Å². The zero-order valence-corrected chi connectivity index (χ0v) is 10.2. The van der Waals surface area contributed by atoms with Crippen LogP contribution >= 0.6 is 0 Å². The van der Waals surface area contributed by atoms with Crippen LogP contribution in [0.3, 0.4) is 0 Å². The molecule has 1 aromatic rings. The molecular weight excluding hydrogens is 198 g/mol. The predicted molar refractivity (Wildman–Crippen MR) is 66.6 cm³/mol. The highest BCUT2D eigenvalue weighted by molar-refractivity contribution is 5.23. The molecule has 0 bridgehead atoms. The lowest BCUT2D eigenvalue weighted by Gasteiger charge is -2.17. The van der Waals surface area contributed by atoms with Gasteiger partial charge in [-0.15, -0.1) is 0 Å². The standard InChI is InChI=1S/C14H21NO/c1-11-5-7-13(8-6-11)12(2)15-10-14-4-3-9-16-14/h5-8,12,14-15H,3-4,9-10H2,1-2H3/t12-,14?/m0/s1. The summed E-state index contributed by atoms with van der Waals surface area (Å²) in [5.74, 6) is 0. The lowest BCUT2D eigenvalue weighted by Crippen LogP contribution is -2.28. The second-order valence-corrected chi connectivity index (χ2v) is 4.68. The minimum atomic E-state index is 0.407. The Balaban J connectivity index is 1.82. The van der Waals surface area contributed by atoms with E-state index in [4.69, 9.17) is 4.74 Å². The molecule has 0 saturated carbocycles. The van der Waals surface area contributed by atoms with Crippen LogP contribution in [0.2, 0.25) is 0 Å². The van der Waals surface area contributed by atoms with E-state index in [2.05, 4.69) is 43.4 Å². The van der Waals surface area contributed by atoms with Crippen molar-refractivity contribution in [2.45, 2.75) is 38.8 Å². The van der Waals surface area contributed by atoms with Crippen LogP contribution in [-0.4, -0.2) is 19.3 Å². The van der Waals surface area contributed by atoms with Gasteiger partial charge < -0.3 is 10.1 Å². The SMILES string of the molecule is Cc1ccc([C@H](C)NCC2CCCO2)cc1. The van der Waals surface area contributed by atoms with Crippen LogP contribution in [0.1, 0.15) is 36.9 Å². The molecule has 1 N–H and O–H groups in total. The van der Waals surface area contributed by atoms with Gasteiger partial charge in [-0.25, -0.2) is 0 Å². The van der Waals surface area contributed by atoms with Crippen LogP contribution in [0.25, 0.3) is 0 Å². The van der Waals surface area contributed by atoms with Gasteiger partial charge >= 0.3 is 0 Å². The Hall–Kier alpha value is -0.860. The normalized spacial score (nSPS) is 22.2. The van der Waals surface area contributed by atoms with E-state index in [1.807, 2.05) is 0 Å². The number of benzene rings is 1. The number of ether oxygens (including phenoxy) is 1. The van der Waals surface area contributed by atoms with E-state index in [1.54, 1.807) is 0 Å². The summed E-state index contributed by atoms with van der Waals surface area (Å²) in [6.45, 7) is 6.23. The van der Waals surface area contributed by atoms with Gasteiger partial charge in [-0.3, -0.25) is 0 Å². The molecule has 1 aliphatic heterocycles. The molecule has 2 nitrogen and oxygen atoms in total. The van der Waals surface area contributed by atoms with Crippen molar-refractivity contribution in [1.29, 1.82) is 0 Å². The van der Waals surface area contributed by atoms with E-state index >= 15 is 0 Å². The average molecular weight is 219 g/mol. The van der Waals surface area contributed by atoms with Crippen molar-refractivity contribution in [2.24, 2.45) is 0 Å². The molecule has 1 unspecified atom stereocenters. The van der Waals surface area contributed by atoms with Gasteiger partial charge in [0.25, 0.3) is 0 Å². The third kappa shape index (κ3) is 3.06. The highest BCUT2D eigenvalue weighted by Crippen LogP contribution is 2.15. The van der Waals surface area contributed by atoms with Crippen LogP contribution in [0.5, 0.6) is 0 Å². The molecular formula is C14H21NO. The molecule has 88 valence electrons. The van der Waals surface area contributed by atoms with E-state index in [9.17, 15) is 0 Å². The largest absolute Gasteiger partial charge is 0.377 e. The molecule has 0 aliphatic carbocycles. The van der Waals surface area contributed by atoms with Crippen molar-refractivity contribution in [3.8, 4) is 0 Å². The predicted octanol–water partition coefficient (Wildman–Crippen LogP) is 2.82. The number of nitrogens with one attached hydrogen (secondary N) is 1. The molecule has 0 aromatic heterocycles. The number of hydrogen-bond donors (Lipinski definition) is 1. The zero-order valence-electron chi connectivity index (χ0n) is 10.2. The quantitative estimate of drug-likeness (QED) is 0.840. The van der Waals surface area contributed by atoms with E-state index in [-0.39, 0.29) is 0 Å². The van der Waals surface area contributed by atoms with Crippen molar-refractivity contribution < 1.29 is 4.74 Å². The van der Waals surface area contributed by atoms with Crippen LogP contribution in [0.15, 0.2) is 24.3 Å². The van der Waals surface area contributed by atoms with Gasteiger partial charge in [0, 0.05) is 19.2 Å². The third-order valence-electron chi connectivity index (χ3n) is 3.25. The second kappa shape index (κ2) is 5.46. The summed E-state index contributed by atoms with van der Waals surface area (Å²) in [7, 11) is 0. The number of aryl methyl sites for hydroxylation is 1. The van der Waals surface area contributed by atoms with Crippen LogP contribution < -0.4 is 5.32 Å². The summed E-state index contributed by atoms with van der Waals surface area (Å²) in [6.07, 6.45) is 2.84. The highest BCUT2D eigenvalue weighted by atomic mass is 16.5. The van der Waals surface area contributed by atoms with Gasteiger partial charge in [0.15, 0.2) is 0 Å². The summed E-state index contributed by atoms with van der Waals surface area (Å²) in [4.78, 5) is 0. The first-order chi connectivity index (χ1) is 7.75. The maximum atomic E-state index is 5.60. The van der Waals surface area contributed by atoms with Gasteiger partial charge in [-0.05, 0) is 32.3 Å². The second-order valence-electron chi connectivity index (χ2n) is 4.68. The van der Waals surface area contributed by atoms with E-state index < -0.39 is 0 Å². The molecule has 1 aliphatic rings. The Bertz CT molecular complexity index is 314. The van der Waals surface area contributed by atoms with Crippen LogP contribution in [0, 0.1) is 6.92 Å². The molecule has 2 rings (SSSR count). The monoisotopic (exact) mass is 219 g/mol. The molecule has 1 saturated heterocycles. The molecule has 2 heteroatoms. The topological polar surface area (TPSA) is 21.3 Å². The summed E-state index contributed by atoms with van der Waals surface area (Å²) in [5, 5.41) is 3.54. The zero-order chi connectivity index (χ0) is 11.4. The highest BCUT2D eigenvalue weighted by Gasteiger charge is 2.16. The summed E-state index contributed by atoms with van der Waals surface area (Å²) in [6, 6.07) is 9.13. The maximum Gasteiger partial charge on any atom is 0.0700 e. The van der Waals surface area contributed by atoms with Crippen molar-refractivity contribution >= 4 is 0 Å². The first-order valence-corrected chi connectivity index (χ1v) is 6.17. The fourth-order valence-corrected chi connectivity index (χ4v) is 2.09. The van der Waals surface area contributed by atoms with Gasteiger partial charge in [0.2, 0.25) is 0 Å². The Morgan fingerprint density at radius 2 is 2.12 bits per heavy atom. The summed E-state index contributed by atoms with van der Waals surface area (Å²) < 4.78 is 5.60. The van der Waals surface area contributed by atoms with Crippen molar-refractivity contribution in [1.82, 2.24) is 5.32 Å². The molecule has 1 heterocycles. The van der Waals surface area contributed by atoms with E-state index in [0.717, 1.165) is 13.2 Å². The van der Waals surface area contributed by atoms with Crippen molar-refractivity contribution in [2.75, 3.05) is 13.2 Å². The number of hydrogen-bond acceptors (Lipinski definition) is 2. The Labute approximate surface area is 98.0 Å². The minimum Gasteiger partial charge on any atom is -0.377 e. The van der Waals surface area contributed by atoms with Crippen molar-refractivity contribution in [3.05, 3.63) is 35.4 Å². The molecule has 16 heavy (non-hydrogen) atoms. The molecule has 0 amide bonds. The number of rotatable bonds is 4. The Kier molecular flexibility index (Phi) is 3.97. The molecule has 1 aromatic carbocycles. The lowest BCUT2D eigenvalue weighted by molar-refractivity contribution is 0.108. The van der Waals surface area contributed by atoms with Crippen LogP contribution in [-0.2, 0) is 4.74 Å². The summed E-state index contributed by atoms with van der Waals surface area (Å²) >= 11 is 0. The minimum absolute atomic E-state index is 0.407. The fourth-order valence-electron chi connectivity index (χ4n) is 2.09. The smallest absolute Gasteiger partial charge is 0.0700 e. The average Bonchev–Trinajstić information content (AvgIpc) is 2.80. The summed E-state index contributed by atoms with van der Waals surface area (Å²) in [5.41, 5.74) is 2.67. The van der Waals surface area contributed by atoms with E-state index in [1.165, 1.54) is 24.0 Å². The Morgan fingerprint density at radius 1 is 1.38 bits per heavy atom. The lowest BCUT2D eigenvalue weighted by atomic mass is 10.1. The fraction of sp³-hybridized carbons (Fsp3) is 0.571.